The lowest BCUT2D eigenvalue weighted by Gasteiger charge is -2.17. The summed E-state index contributed by atoms with van der Waals surface area (Å²) < 4.78 is 10.0. The van der Waals surface area contributed by atoms with Crippen molar-refractivity contribution >= 4 is 47.1 Å². The number of halogens is 1. The van der Waals surface area contributed by atoms with Crippen LogP contribution in [0.4, 0.5) is 0 Å². The third-order valence-electron chi connectivity index (χ3n) is 4.27. The Kier molecular flexibility index (Phi) is 10.0. The fourth-order valence-electron chi connectivity index (χ4n) is 2.58. The molecular formula is C22H23ClN2O6S. The van der Waals surface area contributed by atoms with Gasteiger partial charge in [-0.3, -0.25) is 19.7 Å². The number of ether oxygens (including phenoxy) is 2. The van der Waals surface area contributed by atoms with Crippen molar-refractivity contribution in [1.82, 2.24) is 10.6 Å². The highest BCUT2D eigenvalue weighted by molar-refractivity contribution is 7.98. The van der Waals surface area contributed by atoms with Crippen molar-refractivity contribution in [2.75, 3.05) is 25.7 Å². The number of imide groups is 1. The number of thioether (sulfide) groups is 1. The number of hydrogen-bond donors (Lipinski definition) is 2. The van der Waals surface area contributed by atoms with Gasteiger partial charge in [-0.15, -0.1) is 0 Å². The maximum atomic E-state index is 12.5. The van der Waals surface area contributed by atoms with Crippen molar-refractivity contribution in [3.8, 4) is 5.75 Å². The normalized spacial score (nSPS) is 11.2. The van der Waals surface area contributed by atoms with E-state index in [1.54, 1.807) is 30.3 Å². The molecule has 0 fully saturated rings. The molecule has 2 N–H and O–H groups in total. The first kappa shape index (κ1) is 25.2. The van der Waals surface area contributed by atoms with Crippen LogP contribution in [0.15, 0.2) is 48.5 Å². The van der Waals surface area contributed by atoms with Crippen molar-refractivity contribution < 1.29 is 28.7 Å². The summed E-state index contributed by atoms with van der Waals surface area (Å²) in [6.07, 6.45) is 2.15. The molecule has 32 heavy (non-hydrogen) atoms. The smallest absolute Gasteiger partial charge is 0.329 e. The molecule has 0 spiro atoms. The zero-order chi connectivity index (χ0) is 23.5. The van der Waals surface area contributed by atoms with Gasteiger partial charge < -0.3 is 14.8 Å². The summed E-state index contributed by atoms with van der Waals surface area (Å²) in [5.74, 6) is -1.61. The van der Waals surface area contributed by atoms with Crippen molar-refractivity contribution in [2.24, 2.45) is 0 Å². The summed E-state index contributed by atoms with van der Waals surface area (Å²) in [4.78, 5) is 49.1. The third kappa shape index (κ3) is 7.58. The van der Waals surface area contributed by atoms with E-state index >= 15 is 0 Å². The first-order valence-electron chi connectivity index (χ1n) is 9.55. The highest BCUT2D eigenvalue weighted by Gasteiger charge is 2.24. The zero-order valence-electron chi connectivity index (χ0n) is 17.6. The molecule has 0 saturated carbocycles. The van der Waals surface area contributed by atoms with E-state index in [0.29, 0.717) is 17.9 Å². The molecule has 1 atom stereocenters. The van der Waals surface area contributed by atoms with Gasteiger partial charge in [-0.25, -0.2) is 4.79 Å². The number of benzene rings is 2. The second kappa shape index (κ2) is 12.7. The monoisotopic (exact) mass is 478 g/mol. The fourth-order valence-corrected chi connectivity index (χ4v) is 3.27. The predicted octanol–water partition coefficient (Wildman–Crippen LogP) is 2.70. The zero-order valence-corrected chi connectivity index (χ0v) is 19.1. The van der Waals surface area contributed by atoms with E-state index in [0.717, 1.165) is 0 Å². The van der Waals surface area contributed by atoms with Gasteiger partial charge in [-0.05, 0) is 54.8 Å². The number of rotatable bonds is 10. The lowest BCUT2D eigenvalue weighted by molar-refractivity contribution is -0.150. The minimum atomic E-state index is -0.976. The van der Waals surface area contributed by atoms with E-state index in [9.17, 15) is 19.2 Å². The number of carbonyl (C=O) groups is 4. The minimum Gasteiger partial charge on any atom is -0.497 e. The van der Waals surface area contributed by atoms with Crippen molar-refractivity contribution in [3.63, 3.8) is 0 Å². The van der Waals surface area contributed by atoms with Gasteiger partial charge in [0.25, 0.3) is 17.7 Å². The Morgan fingerprint density at radius 3 is 2.34 bits per heavy atom. The second-order valence-electron chi connectivity index (χ2n) is 6.50. The molecule has 10 heteroatoms. The van der Waals surface area contributed by atoms with E-state index < -0.39 is 36.3 Å². The molecule has 2 rings (SSSR count). The number of nitrogens with one attached hydrogen (secondary N) is 2. The number of esters is 1. The lowest BCUT2D eigenvalue weighted by Crippen LogP contribution is -2.43. The van der Waals surface area contributed by atoms with Crippen molar-refractivity contribution in [3.05, 3.63) is 64.7 Å². The molecule has 0 bridgehead atoms. The second-order valence-corrected chi connectivity index (χ2v) is 7.89. The van der Waals surface area contributed by atoms with Gasteiger partial charge in [0.1, 0.15) is 11.8 Å². The van der Waals surface area contributed by atoms with E-state index in [1.165, 1.54) is 37.1 Å². The largest absolute Gasteiger partial charge is 0.497 e. The summed E-state index contributed by atoms with van der Waals surface area (Å²) >= 11 is 7.52. The highest BCUT2D eigenvalue weighted by atomic mass is 35.5. The van der Waals surface area contributed by atoms with Crippen molar-refractivity contribution in [1.29, 1.82) is 0 Å². The maximum absolute atomic E-state index is 12.5. The molecule has 2 aromatic rings. The average molecular weight is 479 g/mol. The van der Waals surface area contributed by atoms with E-state index in [1.807, 2.05) is 6.26 Å². The summed E-state index contributed by atoms with van der Waals surface area (Å²) in [6.45, 7) is -0.668. The lowest BCUT2D eigenvalue weighted by atomic mass is 10.1. The van der Waals surface area contributed by atoms with Crippen LogP contribution in [0.1, 0.15) is 27.1 Å². The summed E-state index contributed by atoms with van der Waals surface area (Å²) in [5.41, 5.74) is 0.467. The van der Waals surface area contributed by atoms with Crippen LogP contribution in [-0.4, -0.2) is 55.5 Å². The van der Waals surface area contributed by atoms with Crippen LogP contribution in [-0.2, 0) is 14.3 Å². The first-order chi connectivity index (χ1) is 15.3. The molecule has 8 nitrogen and oxygen atoms in total. The van der Waals surface area contributed by atoms with Gasteiger partial charge in [0, 0.05) is 5.56 Å². The molecule has 1 unspecified atom stereocenters. The van der Waals surface area contributed by atoms with Crippen LogP contribution in [0.5, 0.6) is 5.75 Å². The molecule has 0 radical (unpaired) electrons. The van der Waals surface area contributed by atoms with E-state index in [2.05, 4.69) is 10.6 Å². The molecule has 3 amide bonds. The van der Waals surface area contributed by atoms with E-state index in [-0.39, 0.29) is 16.1 Å². The SMILES string of the molecule is COc1ccc(C(=O)NC(=O)COC(=O)C(CCSC)NC(=O)c2ccccc2Cl)cc1. The molecular weight excluding hydrogens is 456 g/mol. The Morgan fingerprint density at radius 2 is 1.72 bits per heavy atom. The standard InChI is InChI=1S/C22H23ClN2O6S/c1-30-15-9-7-14(8-10-15)20(27)25-19(26)13-31-22(29)18(11-12-32-2)24-21(28)16-5-3-4-6-17(16)23/h3-10,18H,11-13H2,1-2H3,(H,24,28)(H,25,26,27). The summed E-state index contributed by atoms with van der Waals surface area (Å²) in [5, 5.41) is 4.98. The quantitative estimate of drug-likeness (QED) is 0.505. The van der Waals surface area contributed by atoms with Crippen LogP contribution >= 0.6 is 23.4 Å². The molecule has 0 aromatic heterocycles. The number of amides is 3. The number of carbonyl (C=O) groups excluding carboxylic acids is 4. The Bertz CT molecular complexity index is 967. The van der Waals surface area contributed by atoms with Crippen LogP contribution < -0.4 is 15.4 Å². The van der Waals surface area contributed by atoms with Crippen LogP contribution in [0, 0.1) is 0 Å². The third-order valence-corrected chi connectivity index (χ3v) is 5.24. The highest BCUT2D eigenvalue weighted by Crippen LogP contribution is 2.15. The van der Waals surface area contributed by atoms with Crippen LogP contribution in [0.25, 0.3) is 0 Å². The number of hydrogen-bond acceptors (Lipinski definition) is 7. The Morgan fingerprint density at radius 1 is 1.03 bits per heavy atom. The molecule has 2 aromatic carbocycles. The maximum Gasteiger partial charge on any atom is 0.329 e. The van der Waals surface area contributed by atoms with Gasteiger partial charge in [0.05, 0.1) is 17.7 Å². The van der Waals surface area contributed by atoms with Crippen LogP contribution in [0.2, 0.25) is 5.02 Å². The van der Waals surface area contributed by atoms with Gasteiger partial charge in [0.2, 0.25) is 0 Å². The molecule has 0 saturated heterocycles. The molecule has 0 heterocycles. The van der Waals surface area contributed by atoms with Gasteiger partial charge in [-0.2, -0.15) is 11.8 Å². The van der Waals surface area contributed by atoms with Crippen LogP contribution in [0.3, 0.4) is 0 Å². The Balaban J connectivity index is 1.92. The average Bonchev–Trinajstić information content (AvgIpc) is 2.80. The van der Waals surface area contributed by atoms with Crippen molar-refractivity contribution in [2.45, 2.75) is 12.5 Å². The van der Waals surface area contributed by atoms with Gasteiger partial charge in [0.15, 0.2) is 6.61 Å². The minimum absolute atomic E-state index is 0.221. The topological polar surface area (TPSA) is 111 Å². The molecule has 0 aliphatic carbocycles. The predicted molar refractivity (Wildman–Crippen MR) is 122 cm³/mol. The fraction of sp³-hybridized carbons (Fsp3) is 0.273. The molecule has 0 aliphatic rings. The number of methoxy groups -OCH3 is 1. The molecule has 170 valence electrons. The van der Waals surface area contributed by atoms with Gasteiger partial charge >= 0.3 is 5.97 Å². The first-order valence-corrected chi connectivity index (χ1v) is 11.3. The molecule has 0 aliphatic heterocycles. The Labute approximate surface area is 195 Å². The summed E-state index contributed by atoms with van der Waals surface area (Å²) in [6, 6.07) is 11.6. The Hall–Kier alpha value is -3.04. The van der Waals surface area contributed by atoms with Gasteiger partial charge in [-0.1, -0.05) is 23.7 Å². The van der Waals surface area contributed by atoms with E-state index in [4.69, 9.17) is 21.1 Å². The summed E-state index contributed by atoms with van der Waals surface area (Å²) in [7, 11) is 1.50.